The van der Waals surface area contributed by atoms with E-state index in [1.165, 1.54) is 30.6 Å². The molecule has 8 heteroatoms. The van der Waals surface area contributed by atoms with Gasteiger partial charge in [0.15, 0.2) is 0 Å². The Hall–Kier alpha value is -3.81. The number of rotatable bonds is 6. The predicted molar refractivity (Wildman–Crippen MR) is 107 cm³/mol. The van der Waals surface area contributed by atoms with Crippen molar-refractivity contribution in [2.75, 3.05) is 10.6 Å². The molecule has 0 fully saturated rings. The molecule has 0 bridgehead atoms. The van der Waals surface area contributed by atoms with Gasteiger partial charge in [0.2, 0.25) is 0 Å². The van der Waals surface area contributed by atoms with Gasteiger partial charge in [-0.05, 0) is 43.2 Å². The number of nitrogens with one attached hydrogen (secondary N) is 2. The van der Waals surface area contributed by atoms with Crippen LogP contribution in [0.25, 0.3) is 0 Å². The van der Waals surface area contributed by atoms with Crippen molar-refractivity contribution in [1.82, 2.24) is 9.97 Å². The zero-order valence-corrected chi connectivity index (χ0v) is 15.5. The molecule has 2 aromatic carbocycles. The fourth-order valence-electron chi connectivity index (χ4n) is 2.68. The average Bonchev–Trinajstić information content (AvgIpc) is 2.68. The molecule has 8 nitrogen and oxygen atoms in total. The Balaban J connectivity index is 1.81. The van der Waals surface area contributed by atoms with Gasteiger partial charge in [0, 0.05) is 40.8 Å². The van der Waals surface area contributed by atoms with Gasteiger partial charge in [-0.25, -0.2) is 9.97 Å². The second-order valence-corrected chi connectivity index (χ2v) is 6.15. The number of amides is 1. The van der Waals surface area contributed by atoms with Crippen molar-refractivity contribution < 1.29 is 9.72 Å². The summed E-state index contributed by atoms with van der Waals surface area (Å²) in [5.74, 6) is 0.323. The first-order valence-corrected chi connectivity index (χ1v) is 8.70. The molecule has 142 valence electrons. The van der Waals surface area contributed by atoms with E-state index in [1.54, 1.807) is 0 Å². The fourth-order valence-corrected chi connectivity index (χ4v) is 2.68. The number of nitro benzene ring substituents is 1. The molecule has 3 rings (SSSR count). The minimum Gasteiger partial charge on any atom is -0.340 e. The second kappa shape index (κ2) is 8.26. The highest BCUT2D eigenvalue weighted by Crippen LogP contribution is 2.25. The summed E-state index contributed by atoms with van der Waals surface area (Å²) in [6, 6.07) is 13.0. The number of hydrogen-bond acceptors (Lipinski definition) is 6. The molecule has 0 saturated carbocycles. The molecular weight excluding hydrogens is 358 g/mol. The highest BCUT2D eigenvalue weighted by Gasteiger charge is 2.12. The summed E-state index contributed by atoms with van der Waals surface area (Å²) in [6.45, 7) is 3.88. The van der Waals surface area contributed by atoms with Crippen molar-refractivity contribution in [1.29, 1.82) is 0 Å². The van der Waals surface area contributed by atoms with Crippen LogP contribution in [0.5, 0.6) is 0 Å². The number of nitro groups is 1. The number of nitrogens with zero attached hydrogens (tertiary/aromatic N) is 3. The summed E-state index contributed by atoms with van der Waals surface area (Å²) >= 11 is 0. The van der Waals surface area contributed by atoms with Crippen molar-refractivity contribution in [2.45, 2.75) is 20.3 Å². The maximum absolute atomic E-state index is 12.6. The Morgan fingerprint density at radius 1 is 1.11 bits per heavy atom. The van der Waals surface area contributed by atoms with E-state index in [0.717, 1.165) is 23.4 Å². The number of aromatic nitrogens is 2. The maximum atomic E-state index is 12.6. The summed E-state index contributed by atoms with van der Waals surface area (Å²) in [4.78, 5) is 31.1. The number of hydrogen-bond donors (Lipinski definition) is 2. The topological polar surface area (TPSA) is 110 Å². The van der Waals surface area contributed by atoms with E-state index in [2.05, 4.69) is 20.6 Å². The fraction of sp³-hybridized carbons (Fsp3) is 0.150. The number of carbonyl (C=O) groups is 1. The third kappa shape index (κ3) is 4.47. The van der Waals surface area contributed by atoms with Gasteiger partial charge in [-0.15, -0.1) is 0 Å². The first kappa shape index (κ1) is 19.0. The van der Waals surface area contributed by atoms with Crippen LogP contribution < -0.4 is 10.6 Å². The number of non-ortho nitro benzene ring substituents is 1. The van der Waals surface area contributed by atoms with E-state index in [9.17, 15) is 14.9 Å². The lowest BCUT2D eigenvalue weighted by molar-refractivity contribution is -0.384. The molecule has 0 spiro atoms. The third-order valence-electron chi connectivity index (χ3n) is 4.16. The Labute approximate surface area is 161 Å². The standard InChI is InChI=1S/C20H19N5O3/c1-3-14-4-7-16(23-19-10-13(2)21-12-22-19)11-18(14)24-20(26)15-5-8-17(9-6-15)25(27)28/h4-12H,3H2,1-2H3,(H,24,26)(H,21,22,23). The zero-order chi connectivity index (χ0) is 20.1. The lowest BCUT2D eigenvalue weighted by atomic mass is 10.1. The van der Waals surface area contributed by atoms with Crippen LogP contribution in [0, 0.1) is 17.0 Å². The minimum absolute atomic E-state index is 0.0582. The molecule has 3 aromatic rings. The van der Waals surface area contributed by atoms with Crippen LogP contribution >= 0.6 is 0 Å². The summed E-state index contributed by atoms with van der Waals surface area (Å²) in [7, 11) is 0. The number of benzene rings is 2. The van der Waals surface area contributed by atoms with Gasteiger partial charge in [0.05, 0.1) is 4.92 Å². The van der Waals surface area contributed by atoms with Crippen molar-refractivity contribution in [3.8, 4) is 0 Å². The van der Waals surface area contributed by atoms with E-state index >= 15 is 0 Å². The quantitative estimate of drug-likeness (QED) is 0.491. The van der Waals surface area contributed by atoms with Crippen molar-refractivity contribution >= 4 is 28.8 Å². The lowest BCUT2D eigenvalue weighted by Gasteiger charge is -2.13. The first-order valence-electron chi connectivity index (χ1n) is 8.70. The highest BCUT2D eigenvalue weighted by atomic mass is 16.6. The number of carbonyl (C=O) groups excluding carboxylic acids is 1. The molecule has 0 unspecified atom stereocenters. The molecule has 1 aromatic heterocycles. The van der Waals surface area contributed by atoms with Gasteiger partial charge in [-0.3, -0.25) is 14.9 Å². The van der Waals surface area contributed by atoms with Crippen LogP contribution in [0.1, 0.15) is 28.5 Å². The van der Waals surface area contributed by atoms with Gasteiger partial charge in [-0.2, -0.15) is 0 Å². The smallest absolute Gasteiger partial charge is 0.269 e. The van der Waals surface area contributed by atoms with Crippen molar-refractivity contribution in [3.63, 3.8) is 0 Å². The summed E-state index contributed by atoms with van der Waals surface area (Å²) in [5.41, 5.74) is 3.54. The Kier molecular flexibility index (Phi) is 5.59. The molecule has 0 aliphatic carbocycles. The van der Waals surface area contributed by atoms with Crippen LogP contribution in [0.4, 0.5) is 22.9 Å². The van der Waals surface area contributed by atoms with Crippen molar-refractivity contribution in [3.05, 3.63) is 81.8 Å². The maximum Gasteiger partial charge on any atom is 0.269 e. The monoisotopic (exact) mass is 377 g/mol. The number of aryl methyl sites for hydroxylation is 2. The molecule has 0 atom stereocenters. The van der Waals surface area contributed by atoms with Crippen molar-refractivity contribution in [2.24, 2.45) is 0 Å². The lowest BCUT2D eigenvalue weighted by Crippen LogP contribution is -2.13. The predicted octanol–water partition coefficient (Wildman–Crippen LogP) is 4.25. The van der Waals surface area contributed by atoms with Gasteiger partial charge in [0.1, 0.15) is 12.1 Å². The third-order valence-corrected chi connectivity index (χ3v) is 4.16. The Bertz CT molecular complexity index is 1020. The summed E-state index contributed by atoms with van der Waals surface area (Å²) < 4.78 is 0. The largest absolute Gasteiger partial charge is 0.340 e. The molecular formula is C20H19N5O3. The van der Waals surface area contributed by atoms with Gasteiger partial charge >= 0.3 is 0 Å². The van der Waals surface area contributed by atoms with Crippen LogP contribution in [-0.2, 0) is 6.42 Å². The molecule has 0 saturated heterocycles. The van der Waals surface area contributed by atoms with E-state index in [0.29, 0.717) is 17.1 Å². The van der Waals surface area contributed by atoms with E-state index in [1.807, 2.05) is 38.1 Å². The van der Waals surface area contributed by atoms with E-state index < -0.39 is 4.92 Å². The van der Waals surface area contributed by atoms with Gasteiger partial charge < -0.3 is 10.6 Å². The molecule has 0 aliphatic heterocycles. The Morgan fingerprint density at radius 2 is 1.86 bits per heavy atom. The minimum atomic E-state index is -0.499. The second-order valence-electron chi connectivity index (χ2n) is 6.15. The normalized spacial score (nSPS) is 10.4. The summed E-state index contributed by atoms with van der Waals surface area (Å²) in [6.07, 6.45) is 2.22. The summed E-state index contributed by atoms with van der Waals surface area (Å²) in [5, 5.41) is 16.8. The first-order chi connectivity index (χ1) is 13.5. The molecule has 28 heavy (non-hydrogen) atoms. The number of anilines is 3. The van der Waals surface area contributed by atoms with Gasteiger partial charge in [0.25, 0.3) is 11.6 Å². The molecule has 2 N–H and O–H groups in total. The molecule has 0 radical (unpaired) electrons. The SMILES string of the molecule is CCc1ccc(Nc2cc(C)ncn2)cc1NC(=O)c1ccc([N+](=O)[O-])cc1. The van der Waals surface area contributed by atoms with Crippen LogP contribution in [0.2, 0.25) is 0 Å². The van der Waals surface area contributed by atoms with Crippen LogP contribution in [-0.4, -0.2) is 20.8 Å². The Morgan fingerprint density at radius 3 is 2.50 bits per heavy atom. The zero-order valence-electron chi connectivity index (χ0n) is 15.5. The van der Waals surface area contributed by atoms with E-state index in [4.69, 9.17) is 0 Å². The van der Waals surface area contributed by atoms with E-state index in [-0.39, 0.29) is 11.6 Å². The van der Waals surface area contributed by atoms with Crippen LogP contribution in [0.15, 0.2) is 54.9 Å². The highest BCUT2D eigenvalue weighted by molar-refractivity contribution is 6.05. The molecule has 1 amide bonds. The van der Waals surface area contributed by atoms with Gasteiger partial charge in [-0.1, -0.05) is 13.0 Å². The average molecular weight is 377 g/mol. The molecule has 1 heterocycles. The van der Waals surface area contributed by atoms with Crippen LogP contribution in [0.3, 0.4) is 0 Å². The molecule has 0 aliphatic rings.